The molecule has 0 atom stereocenters. The summed E-state index contributed by atoms with van der Waals surface area (Å²) in [5.74, 6) is 0. The summed E-state index contributed by atoms with van der Waals surface area (Å²) in [4.78, 5) is 10.6. The van der Waals surface area contributed by atoms with Crippen LogP contribution >= 0.6 is 11.6 Å². The lowest BCUT2D eigenvalue weighted by Crippen LogP contribution is -1.87. The van der Waals surface area contributed by atoms with Crippen LogP contribution in [0.5, 0.6) is 0 Å². The number of allylic oxidation sites excluding steroid dienone is 6. The molecule has 0 radical (unpaired) electrons. The fourth-order valence-electron chi connectivity index (χ4n) is 0.725. The molecule has 2 heteroatoms. The van der Waals surface area contributed by atoms with Crippen LogP contribution in [0.25, 0.3) is 0 Å². The Labute approximate surface area is 64.7 Å². The molecule has 10 heavy (non-hydrogen) atoms. The molecule has 0 aromatic heterocycles. The quantitative estimate of drug-likeness (QED) is 0.530. The van der Waals surface area contributed by atoms with E-state index in [1.807, 2.05) is 12.2 Å². The number of carbonyl (C=O) groups excluding carboxylic acids is 1. The molecule has 52 valence electrons. The minimum Gasteiger partial charge on any atom is -0.276 e. The number of hydrogen-bond donors (Lipinski definition) is 0. The molecule has 0 saturated heterocycles. The lowest BCUT2D eigenvalue weighted by molar-refractivity contribution is -0.108. The van der Waals surface area contributed by atoms with Crippen LogP contribution < -0.4 is 0 Å². The highest BCUT2D eigenvalue weighted by Gasteiger charge is 2.00. The molecule has 0 unspecified atom stereocenters. The zero-order chi connectivity index (χ0) is 7.40. The van der Waals surface area contributed by atoms with Crippen LogP contribution in [0.15, 0.2) is 36.0 Å². The zero-order valence-corrected chi connectivity index (χ0v) is 6.14. The highest BCUT2D eigenvalue weighted by molar-refractivity contribution is 6.68. The number of hydrogen-bond acceptors (Lipinski definition) is 1. The molecule has 0 bridgehead atoms. The average molecular weight is 155 g/mol. The summed E-state index contributed by atoms with van der Waals surface area (Å²) >= 11 is 5.24. The van der Waals surface area contributed by atoms with Crippen molar-refractivity contribution in [2.75, 3.05) is 0 Å². The van der Waals surface area contributed by atoms with E-state index in [1.54, 1.807) is 18.2 Å². The third-order valence-corrected chi connectivity index (χ3v) is 1.44. The second kappa shape index (κ2) is 3.37. The average Bonchev–Trinajstić information content (AvgIpc) is 2.12. The van der Waals surface area contributed by atoms with Crippen molar-refractivity contribution in [1.29, 1.82) is 0 Å². The number of halogens is 1. The fraction of sp³-hybridized carbons (Fsp3) is 0.125. The molecule has 0 aromatic carbocycles. The first-order valence-corrected chi connectivity index (χ1v) is 3.41. The van der Waals surface area contributed by atoms with Gasteiger partial charge in [-0.2, -0.15) is 0 Å². The van der Waals surface area contributed by atoms with Gasteiger partial charge in [-0.15, -0.1) is 0 Å². The third kappa shape index (κ3) is 1.85. The van der Waals surface area contributed by atoms with E-state index in [4.69, 9.17) is 11.6 Å². The van der Waals surface area contributed by atoms with E-state index in [1.165, 1.54) is 0 Å². The molecule has 0 heterocycles. The maximum absolute atomic E-state index is 10.6. The number of carbonyl (C=O) groups is 1. The van der Waals surface area contributed by atoms with Gasteiger partial charge in [-0.3, -0.25) is 4.79 Å². The summed E-state index contributed by atoms with van der Waals surface area (Å²) in [6.07, 6.45) is 9.95. The largest absolute Gasteiger partial charge is 0.276 e. The van der Waals surface area contributed by atoms with Crippen LogP contribution in [-0.4, -0.2) is 5.24 Å². The van der Waals surface area contributed by atoms with Crippen molar-refractivity contribution in [3.05, 3.63) is 36.0 Å². The Balaban J connectivity index is 2.78. The van der Waals surface area contributed by atoms with E-state index in [9.17, 15) is 4.79 Å². The molecule has 0 aromatic rings. The van der Waals surface area contributed by atoms with Crippen LogP contribution in [0.4, 0.5) is 0 Å². The predicted molar refractivity (Wildman–Crippen MR) is 41.8 cm³/mol. The van der Waals surface area contributed by atoms with Gasteiger partial charge < -0.3 is 0 Å². The molecule has 1 aliphatic rings. The highest BCUT2D eigenvalue weighted by Crippen LogP contribution is 2.07. The topological polar surface area (TPSA) is 17.1 Å². The minimum absolute atomic E-state index is 0.389. The molecule has 0 aliphatic heterocycles. The Morgan fingerprint density at radius 1 is 1.50 bits per heavy atom. The SMILES string of the molecule is O=C(Cl)C1=CCC=CC=C1. The first-order valence-electron chi connectivity index (χ1n) is 3.04. The van der Waals surface area contributed by atoms with E-state index in [0.29, 0.717) is 5.57 Å². The van der Waals surface area contributed by atoms with Crippen LogP contribution in [0, 0.1) is 0 Å². The highest BCUT2D eigenvalue weighted by atomic mass is 35.5. The van der Waals surface area contributed by atoms with Crippen molar-refractivity contribution >= 4 is 16.8 Å². The minimum atomic E-state index is -0.389. The van der Waals surface area contributed by atoms with Crippen molar-refractivity contribution in [3.63, 3.8) is 0 Å². The summed E-state index contributed by atoms with van der Waals surface area (Å²) in [6.45, 7) is 0. The van der Waals surface area contributed by atoms with Gasteiger partial charge in [0, 0.05) is 5.57 Å². The smallest absolute Gasteiger partial charge is 0.252 e. The predicted octanol–water partition coefficient (Wildman–Crippen LogP) is 2.19. The molecule has 0 amide bonds. The summed E-state index contributed by atoms with van der Waals surface area (Å²) in [7, 11) is 0. The standard InChI is InChI=1S/C8H7ClO/c9-8(10)7-5-3-1-2-4-6-7/h1-3,5-6H,4H2. The van der Waals surface area contributed by atoms with Crippen LogP contribution in [0.1, 0.15) is 6.42 Å². The van der Waals surface area contributed by atoms with Gasteiger partial charge in [0.1, 0.15) is 0 Å². The molecular formula is C8H7ClO. The van der Waals surface area contributed by atoms with Crippen molar-refractivity contribution in [2.24, 2.45) is 0 Å². The van der Waals surface area contributed by atoms with E-state index < -0.39 is 0 Å². The van der Waals surface area contributed by atoms with Crippen LogP contribution in [-0.2, 0) is 4.79 Å². The summed E-state index contributed by atoms with van der Waals surface area (Å²) in [5.41, 5.74) is 0.576. The van der Waals surface area contributed by atoms with Crippen molar-refractivity contribution < 1.29 is 4.79 Å². The van der Waals surface area contributed by atoms with Gasteiger partial charge in [-0.1, -0.05) is 30.4 Å². The van der Waals surface area contributed by atoms with Gasteiger partial charge in [0.2, 0.25) is 0 Å². The summed E-state index contributed by atoms with van der Waals surface area (Å²) in [6, 6.07) is 0. The molecule has 0 N–H and O–H groups in total. The Bertz CT molecular complexity index is 223. The van der Waals surface area contributed by atoms with Crippen LogP contribution in [0.3, 0.4) is 0 Å². The normalized spacial score (nSPS) is 16.3. The number of rotatable bonds is 1. The van der Waals surface area contributed by atoms with Gasteiger partial charge >= 0.3 is 0 Å². The molecule has 0 saturated carbocycles. The maximum Gasteiger partial charge on any atom is 0.252 e. The van der Waals surface area contributed by atoms with E-state index in [2.05, 4.69) is 0 Å². The Morgan fingerprint density at radius 3 is 3.00 bits per heavy atom. The molecule has 1 aliphatic carbocycles. The molecule has 1 nitrogen and oxygen atoms in total. The van der Waals surface area contributed by atoms with Gasteiger partial charge in [0.15, 0.2) is 0 Å². The van der Waals surface area contributed by atoms with Crippen molar-refractivity contribution in [2.45, 2.75) is 6.42 Å². The first-order chi connectivity index (χ1) is 4.80. The second-order valence-corrected chi connectivity index (χ2v) is 2.30. The molecule has 1 rings (SSSR count). The van der Waals surface area contributed by atoms with Gasteiger partial charge in [-0.25, -0.2) is 0 Å². The Morgan fingerprint density at radius 2 is 2.30 bits per heavy atom. The third-order valence-electron chi connectivity index (χ3n) is 1.22. The molecular weight excluding hydrogens is 148 g/mol. The van der Waals surface area contributed by atoms with Crippen LogP contribution in [0.2, 0.25) is 0 Å². The first kappa shape index (κ1) is 7.29. The zero-order valence-electron chi connectivity index (χ0n) is 5.38. The molecule has 0 spiro atoms. The molecule has 0 fully saturated rings. The summed E-state index contributed by atoms with van der Waals surface area (Å²) in [5, 5.41) is -0.389. The van der Waals surface area contributed by atoms with Crippen molar-refractivity contribution in [1.82, 2.24) is 0 Å². The maximum atomic E-state index is 10.6. The second-order valence-electron chi connectivity index (χ2n) is 1.96. The van der Waals surface area contributed by atoms with Crippen molar-refractivity contribution in [3.8, 4) is 0 Å². The summed E-state index contributed by atoms with van der Waals surface area (Å²) < 4.78 is 0. The van der Waals surface area contributed by atoms with E-state index in [0.717, 1.165) is 6.42 Å². The van der Waals surface area contributed by atoms with E-state index in [-0.39, 0.29) is 5.24 Å². The van der Waals surface area contributed by atoms with Gasteiger partial charge in [0.25, 0.3) is 5.24 Å². The Kier molecular flexibility index (Phi) is 2.46. The van der Waals surface area contributed by atoms with Gasteiger partial charge in [0.05, 0.1) is 0 Å². The fourth-order valence-corrected chi connectivity index (χ4v) is 0.865. The Hall–Kier alpha value is -0.820. The monoisotopic (exact) mass is 154 g/mol. The lowest BCUT2D eigenvalue weighted by atomic mass is 10.2. The van der Waals surface area contributed by atoms with Gasteiger partial charge in [-0.05, 0) is 18.0 Å². The van der Waals surface area contributed by atoms with E-state index >= 15 is 0 Å². The lowest BCUT2D eigenvalue weighted by Gasteiger charge is -1.88.